The summed E-state index contributed by atoms with van der Waals surface area (Å²) in [5, 5.41) is 21.7. The third-order valence-electron chi connectivity index (χ3n) is 6.84. The van der Waals surface area contributed by atoms with Crippen LogP contribution in [0.2, 0.25) is 0 Å². The van der Waals surface area contributed by atoms with E-state index < -0.39 is 23.8 Å². The van der Waals surface area contributed by atoms with Gasteiger partial charge >= 0.3 is 0 Å². The Labute approximate surface area is 204 Å². The van der Waals surface area contributed by atoms with Crippen LogP contribution in [0.4, 0.5) is 8.78 Å². The Balaban J connectivity index is 1.49. The second-order valence-electron chi connectivity index (χ2n) is 9.34. The van der Waals surface area contributed by atoms with Crippen LogP contribution in [0.25, 0.3) is 5.69 Å². The summed E-state index contributed by atoms with van der Waals surface area (Å²) in [6.45, 7) is 3.76. The summed E-state index contributed by atoms with van der Waals surface area (Å²) in [6, 6.07) is 9.42. The number of hydrogen-bond acceptors (Lipinski definition) is 4. The lowest BCUT2D eigenvalue weighted by atomic mass is 9.97. The highest BCUT2D eigenvalue weighted by molar-refractivity contribution is 5.73. The summed E-state index contributed by atoms with van der Waals surface area (Å²) >= 11 is 0. The van der Waals surface area contributed by atoms with E-state index in [1.807, 2.05) is 29.1 Å². The first-order valence-corrected chi connectivity index (χ1v) is 12.0. The third-order valence-corrected chi connectivity index (χ3v) is 6.84. The highest BCUT2D eigenvalue weighted by atomic mass is 19.1. The number of carbonyl (C=O) groups is 1. The van der Waals surface area contributed by atoms with Gasteiger partial charge in [0.2, 0.25) is 5.91 Å². The predicted octanol–water partition coefficient (Wildman–Crippen LogP) is 4.38. The highest BCUT2D eigenvalue weighted by Crippen LogP contribution is 2.54. The molecule has 0 aliphatic heterocycles. The van der Waals surface area contributed by atoms with Crippen LogP contribution in [0.15, 0.2) is 78.2 Å². The van der Waals surface area contributed by atoms with Gasteiger partial charge in [-0.15, -0.1) is 0 Å². The summed E-state index contributed by atoms with van der Waals surface area (Å²) in [4.78, 5) is 11.8. The van der Waals surface area contributed by atoms with Gasteiger partial charge in [-0.25, -0.2) is 13.5 Å². The average molecular weight is 483 g/mol. The lowest BCUT2D eigenvalue weighted by Crippen LogP contribution is -2.49. The SMILES string of the molecule is CCC1CC1(NCC(O)C(CC1=CCC(F)=CC(F)=C1)NC(C)=O)c1cccc(-n2cccn2)c1. The summed E-state index contributed by atoms with van der Waals surface area (Å²) in [5.41, 5.74) is 2.34. The molecule has 6 nitrogen and oxygen atoms in total. The molecule has 2 aromatic rings. The van der Waals surface area contributed by atoms with E-state index in [-0.39, 0.29) is 30.8 Å². The topological polar surface area (TPSA) is 79.2 Å². The van der Waals surface area contributed by atoms with Crippen LogP contribution in [-0.2, 0) is 10.3 Å². The molecule has 3 N–H and O–H groups in total. The quantitative estimate of drug-likeness (QED) is 0.470. The third kappa shape index (κ3) is 5.94. The maximum absolute atomic E-state index is 13.9. The van der Waals surface area contributed by atoms with Crippen molar-refractivity contribution in [1.29, 1.82) is 0 Å². The number of hydrogen-bond donors (Lipinski definition) is 3. The molecule has 8 heteroatoms. The molecule has 1 amide bonds. The second kappa shape index (κ2) is 10.7. The second-order valence-corrected chi connectivity index (χ2v) is 9.34. The number of nitrogens with zero attached hydrogens (tertiary/aromatic N) is 2. The zero-order chi connectivity index (χ0) is 25.0. The van der Waals surface area contributed by atoms with E-state index in [2.05, 4.69) is 34.8 Å². The lowest BCUT2D eigenvalue weighted by Gasteiger charge is -2.28. The van der Waals surface area contributed by atoms with Gasteiger partial charge in [0.1, 0.15) is 11.7 Å². The molecule has 0 radical (unpaired) electrons. The van der Waals surface area contributed by atoms with E-state index >= 15 is 0 Å². The standard InChI is InChI=1S/C27H32F2N4O2/c1-3-20-16-27(20,21-6-4-7-24(14-21)33-11-5-10-31-33)30-17-26(35)25(32-18(2)34)13-19-8-9-22(28)15-23(29)12-19/h4-8,10-12,14-15,20,25-26,30,35H,3,9,13,16-17H2,1-2H3,(H,32,34). The van der Waals surface area contributed by atoms with Crippen LogP contribution in [-0.4, -0.2) is 39.5 Å². The lowest BCUT2D eigenvalue weighted by molar-refractivity contribution is -0.120. The molecule has 0 saturated heterocycles. The molecular formula is C27H32F2N4O2. The van der Waals surface area contributed by atoms with Crippen LogP contribution in [0, 0.1) is 5.92 Å². The Morgan fingerprint density at radius 3 is 2.83 bits per heavy atom. The van der Waals surface area contributed by atoms with Gasteiger partial charge in [-0.05, 0) is 54.2 Å². The van der Waals surface area contributed by atoms with Gasteiger partial charge in [0.25, 0.3) is 0 Å². The average Bonchev–Trinajstić information content (AvgIpc) is 3.34. The molecule has 2 aliphatic carbocycles. The largest absolute Gasteiger partial charge is 0.390 e. The van der Waals surface area contributed by atoms with Crippen molar-refractivity contribution in [2.24, 2.45) is 5.92 Å². The fourth-order valence-corrected chi connectivity index (χ4v) is 4.93. The van der Waals surface area contributed by atoms with E-state index in [0.717, 1.165) is 30.2 Å². The molecule has 4 rings (SSSR count). The smallest absolute Gasteiger partial charge is 0.217 e. The molecule has 186 valence electrons. The van der Waals surface area contributed by atoms with Crippen molar-refractivity contribution in [2.45, 2.75) is 57.2 Å². The molecule has 0 bridgehead atoms. The summed E-state index contributed by atoms with van der Waals surface area (Å²) < 4.78 is 29.3. The zero-order valence-corrected chi connectivity index (χ0v) is 20.0. The van der Waals surface area contributed by atoms with Crippen molar-refractivity contribution in [3.63, 3.8) is 0 Å². The van der Waals surface area contributed by atoms with Gasteiger partial charge in [-0.2, -0.15) is 5.10 Å². The molecule has 1 aromatic carbocycles. The minimum Gasteiger partial charge on any atom is -0.390 e. The van der Waals surface area contributed by atoms with Gasteiger partial charge in [0.15, 0.2) is 0 Å². The van der Waals surface area contributed by atoms with Crippen molar-refractivity contribution in [1.82, 2.24) is 20.4 Å². The summed E-state index contributed by atoms with van der Waals surface area (Å²) in [6.07, 6.45) is 8.49. The normalized spacial score (nSPS) is 23.5. The molecule has 1 fully saturated rings. The number of carbonyl (C=O) groups excluding carboxylic acids is 1. The van der Waals surface area contributed by atoms with Crippen LogP contribution in [0.5, 0.6) is 0 Å². The fraction of sp³-hybridized carbons (Fsp3) is 0.407. The fourth-order valence-electron chi connectivity index (χ4n) is 4.93. The summed E-state index contributed by atoms with van der Waals surface area (Å²) in [7, 11) is 0. The number of aliphatic hydroxyl groups excluding tert-OH is 1. The van der Waals surface area contributed by atoms with Crippen LogP contribution in [0.3, 0.4) is 0 Å². The van der Waals surface area contributed by atoms with Crippen LogP contribution < -0.4 is 10.6 Å². The van der Waals surface area contributed by atoms with Crippen molar-refractivity contribution in [2.75, 3.05) is 6.54 Å². The van der Waals surface area contributed by atoms with Crippen molar-refractivity contribution in [3.8, 4) is 5.69 Å². The first-order chi connectivity index (χ1) is 16.8. The van der Waals surface area contributed by atoms with E-state index in [0.29, 0.717) is 11.5 Å². The first-order valence-electron chi connectivity index (χ1n) is 12.0. The molecule has 0 spiro atoms. The minimum atomic E-state index is -0.929. The van der Waals surface area contributed by atoms with E-state index in [1.54, 1.807) is 12.3 Å². The predicted molar refractivity (Wildman–Crippen MR) is 131 cm³/mol. The highest BCUT2D eigenvalue weighted by Gasteiger charge is 2.54. The Morgan fingerprint density at radius 2 is 2.14 bits per heavy atom. The Bertz CT molecular complexity index is 1140. The summed E-state index contributed by atoms with van der Waals surface area (Å²) in [5.74, 6) is -1.13. The number of benzene rings is 1. The van der Waals surface area contributed by atoms with Gasteiger partial charge in [-0.1, -0.05) is 31.6 Å². The molecule has 2 aliphatic rings. The molecule has 1 heterocycles. The van der Waals surface area contributed by atoms with E-state index in [1.165, 1.54) is 13.0 Å². The number of aromatic nitrogens is 2. The number of amides is 1. The van der Waals surface area contributed by atoms with E-state index in [4.69, 9.17) is 0 Å². The van der Waals surface area contributed by atoms with Crippen LogP contribution >= 0.6 is 0 Å². The Morgan fingerprint density at radius 1 is 1.31 bits per heavy atom. The van der Waals surface area contributed by atoms with Gasteiger partial charge in [0.05, 0.1) is 17.8 Å². The van der Waals surface area contributed by atoms with Crippen molar-refractivity contribution < 1.29 is 18.7 Å². The van der Waals surface area contributed by atoms with Crippen molar-refractivity contribution in [3.05, 3.63) is 83.7 Å². The minimum absolute atomic E-state index is 0.0196. The molecule has 4 unspecified atom stereocenters. The number of allylic oxidation sites excluding steroid dienone is 5. The number of nitrogens with one attached hydrogen (secondary N) is 2. The maximum atomic E-state index is 13.9. The number of rotatable bonds is 10. The van der Waals surface area contributed by atoms with Crippen LogP contribution in [0.1, 0.15) is 45.1 Å². The van der Waals surface area contributed by atoms with Gasteiger partial charge in [-0.3, -0.25) is 4.79 Å². The van der Waals surface area contributed by atoms with Gasteiger partial charge in [0, 0.05) is 43.9 Å². The molecule has 1 saturated carbocycles. The van der Waals surface area contributed by atoms with Crippen molar-refractivity contribution >= 4 is 5.91 Å². The zero-order valence-electron chi connectivity index (χ0n) is 20.0. The molecule has 1 aromatic heterocycles. The molecular weight excluding hydrogens is 450 g/mol. The Hall–Kier alpha value is -3.10. The number of aliphatic hydroxyl groups is 1. The monoisotopic (exact) mass is 482 g/mol. The Kier molecular flexibility index (Phi) is 7.62. The molecule has 35 heavy (non-hydrogen) atoms. The molecule has 4 atom stereocenters. The maximum Gasteiger partial charge on any atom is 0.217 e. The first kappa shape index (κ1) is 25.0. The van der Waals surface area contributed by atoms with E-state index in [9.17, 15) is 18.7 Å². The van der Waals surface area contributed by atoms with Gasteiger partial charge < -0.3 is 15.7 Å². The number of halogens is 2.